The van der Waals surface area contributed by atoms with E-state index in [9.17, 15) is 0 Å². The van der Waals surface area contributed by atoms with Crippen molar-refractivity contribution in [3.8, 4) is 0 Å². The van der Waals surface area contributed by atoms with Gasteiger partial charge in [-0.2, -0.15) is 0 Å². The molecule has 0 aliphatic rings. The zero-order valence-corrected chi connectivity index (χ0v) is 8.64. The van der Waals surface area contributed by atoms with Gasteiger partial charge in [0.05, 0.1) is 0 Å². The second-order valence-electron chi connectivity index (χ2n) is 0. The standard InChI is InChI=1S/6CN.Fe.3H2O/c6*1-2;;;;/h;;;;;;;3*1H2/q6*-1;+2;;;. The maximum atomic E-state index is 6.25. The Morgan fingerprint density at radius 1 is 0.312 bits per heavy atom. The Bertz CT molecular complexity index is 103. The Morgan fingerprint density at radius 2 is 0.312 bits per heavy atom. The summed E-state index contributed by atoms with van der Waals surface area (Å²) in [6, 6.07) is 0. The predicted molar refractivity (Wildman–Crippen MR) is 40.6 cm³/mol. The maximum Gasteiger partial charge on any atom is 2.00 e. The topological polar surface area (TPSA) is 237 Å². The monoisotopic (exact) mass is 266 g/mol. The van der Waals surface area contributed by atoms with Gasteiger partial charge in [-0.15, -0.1) is 0 Å². The van der Waals surface area contributed by atoms with Crippen LogP contribution >= 0.6 is 0 Å². The molecule has 6 N–H and O–H groups in total. The summed E-state index contributed by atoms with van der Waals surface area (Å²) in [7, 11) is 0. The minimum atomic E-state index is 0. The van der Waals surface area contributed by atoms with Crippen molar-refractivity contribution in [2.75, 3.05) is 0 Å². The van der Waals surface area contributed by atoms with Crippen LogP contribution in [0.3, 0.4) is 0 Å². The van der Waals surface area contributed by atoms with Crippen LogP contribution in [0.15, 0.2) is 0 Å². The first-order valence-corrected chi connectivity index (χ1v) is 1.34. The molecule has 90 valence electrons. The third-order valence-electron chi connectivity index (χ3n) is 0. The molecule has 0 aromatic rings. The third kappa shape index (κ3) is 171. The maximum absolute atomic E-state index is 6.25. The van der Waals surface area contributed by atoms with Gasteiger partial charge in [-0.05, 0) is 0 Å². The van der Waals surface area contributed by atoms with E-state index in [0.717, 1.165) is 0 Å². The Hall–Kier alpha value is -2.66. The summed E-state index contributed by atoms with van der Waals surface area (Å²) in [5.74, 6) is 0. The molecule has 9 nitrogen and oxygen atoms in total. The Kier molecular flexibility index (Phi) is 2550. The van der Waals surface area contributed by atoms with Crippen LogP contribution in [0.4, 0.5) is 0 Å². The van der Waals surface area contributed by atoms with Crippen LogP contribution < -0.4 is 0 Å². The molecule has 0 saturated carbocycles. The Morgan fingerprint density at radius 3 is 0.312 bits per heavy atom. The van der Waals surface area contributed by atoms with Gasteiger partial charge in [0.2, 0.25) is 0 Å². The largest absolute Gasteiger partial charge is 2.00 e. The van der Waals surface area contributed by atoms with Gasteiger partial charge in [0, 0.05) is 0 Å². The van der Waals surface area contributed by atoms with Gasteiger partial charge < -0.3 is 87.4 Å². The fraction of sp³-hybridized carbons (Fsp3) is 0. The van der Waals surface area contributed by atoms with Crippen LogP contribution in [0.1, 0.15) is 0 Å². The quantitative estimate of drug-likeness (QED) is 0.357. The van der Waals surface area contributed by atoms with Gasteiger partial charge in [0.1, 0.15) is 0 Å². The molecule has 10 heteroatoms. The molecule has 0 atom stereocenters. The molecule has 0 bridgehead atoms. The second-order valence-corrected chi connectivity index (χ2v) is 0. The molecule has 0 saturated heterocycles. The number of nitrogens with zero attached hydrogens (tertiary/aromatic N) is 6. The third-order valence-corrected chi connectivity index (χ3v) is 0. The van der Waals surface area contributed by atoms with Gasteiger partial charge in [-0.1, -0.05) is 0 Å². The molecule has 0 aromatic heterocycles. The van der Waals surface area contributed by atoms with E-state index in [-0.39, 0.29) is 33.5 Å². The molecular weight excluding hydrogens is 260 g/mol. The van der Waals surface area contributed by atoms with Crippen LogP contribution in [-0.4, -0.2) is 16.4 Å². The van der Waals surface area contributed by atoms with Gasteiger partial charge in [-0.3, -0.25) is 0 Å². The van der Waals surface area contributed by atoms with Gasteiger partial charge in [0.25, 0.3) is 0 Å². The first kappa shape index (κ1) is 182. The van der Waals surface area contributed by atoms with Crippen molar-refractivity contribution in [2.45, 2.75) is 0 Å². The smallest absolute Gasteiger partial charge is 0.512 e. The summed E-state index contributed by atoms with van der Waals surface area (Å²) < 4.78 is 0. The van der Waals surface area contributed by atoms with Crippen LogP contribution in [-0.2, 0) is 17.1 Å². The molecule has 0 fully saturated rings. The van der Waals surface area contributed by atoms with Crippen molar-refractivity contribution >= 4 is 0 Å². The normalized spacial score (nSPS) is 0.750. The predicted octanol–water partition coefficient (Wildman–Crippen LogP) is -1.90. The van der Waals surface area contributed by atoms with Gasteiger partial charge >= 0.3 is 17.1 Å². The summed E-state index contributed by atoms with van der Waals surface area (Å²) in [5, 5.41) is 37.5. The zero-order valence-electron chi connectivity index (χ0n) is 7.54. The molecule has 0 aromatic carbocycles. The number of hydrogen-bond donors (Lipinski definition) is 0. The van der Waals surface area contributed by atoms with Crippen LogP contribution in [0.25, 0.3) is 0 Å². The minimum absolute atomic E-state index is 0. The van der Waals surface area contributed by atoms with Crippen molar-refractivity contribution in [1.29, 1.82) is 31.6 Å². The summed E-state index contributed by atoms with van der Waals surface area (Å²) in [5.41, 5.74) is 0. The van der Waals surface area contributed by atoms with Crippen molar-refractivity contribution in [2.24, 2.45) is 0 Å². The van der Waals surface area contributed by atoms with E-state index >= 15 is 0 Å². The zero-order chi connectivity index (χ0) is 12.0. The molecule has 0 spiro atoms. The molecule has 0 amide bonds. The summed E-state index contributed by atoms with van der Waals surface area (Å²) in [6.45, 7) is 28.5. The summed E-state index contributed by atoms with van der Waals surface area (Å²) >= 11 is 0. The summed E-state index contributed by atoms with van der Waals surface area (Å²) in [6.07, 6.45) is 0. The van der Waals surface area contributed by atoms with Crippen molar-refractivity contribution in [1.82, 2.24) is 0 Å². The minimum Gasteiger partial charge on any atom is -0.512 e. The molecule has 0 rings (SSSR count). The molecule has 0 radical (unpaired) electrons. The van der Waals surface area contributed by atoms with E-state index in [1.54, 1.807) is 0 Å². The van der Waals surface area contributed by atoms with Crippen LogP contribution in [0, 0.1) is 71.0 Å². The van der Waals surface area contributed by atoms with Crippen molar-refractivity contribution in [3.63, 3.8) is 0 Å². The van der Waals surface area contributed by atoms with Crippen LogP contribution in [0.2, 0.25) is 0 Å². The molecule has 0 unspecified atom stereocenters. The van der Waals surface area contributed by atoms with Gasteiger partial charge in [-0.25, -0.2) is 0 Å². The Labute approximate surface area is 105 Å². The number of rotatable bonds is 0. The first-order chi connectivity index (χ1) is 6.00. The SMILES string of the molecule is O.O.O.[C-]#N.[C-]#N.[C-]#N.[C-]#N.[C-]#N.[C-]#N.[Fe+2]. The molecule has 0 aliphatic heterocycles. The van der Waals surface area contributed by atoms with E-state index in [0.29, 0.717) is 0 Å². The van der Waals surface area contributed by atoms with E-state index in [1.807, 2.05) is 0 Å². The molecule has 16 heavy (non-hydrogen) atoms. The Balaban J connectivity index is -0.00000000321. The molecule has 0 aliphatic carbocycles. The van der Waals surface area contributed by atoms with E-state index in [1.165, 1.54) is 0 Å². The van der Waals surface area contributed by atoms with Crippen molar-refractivity contribution < 1.29 is 33.5 Å². The van der Waals surface area contributed by atoms with Gasteiger partial charge in [0.15, 0.2) is 0 Å². The number of hydrogen-bond acceptors (Lipinski definition) is 6. The second kappa shape index (κ2) is 224. The van der Waals surface area contributed by atoms with Crippen LogP contribution in [0.5, 0.6) is 0 Å². The average Bonchev–Trinajstić information content (AvgIpc) is 2.33. The van der Waals surface area contributed by atoms with E-state index in [4.69, 9.17) is 71.0 Å². The van der Waals surface area contributed by atoms with E-state index in [2.05, 4.69) is 0 Å². The fourth-order valence-electron chi connectivity index (χ4n) is 0. The summed E-state index contributed by atoms with van der Waals surface area (Å²) in [4.78, 5) is 0. The fourth-order valence-corrected chi connectivity index (χ4v) is 0. The van der Waals surface area contributed by atoms with Crippen molar-refractivity contribution in [3.05, 3.63) is 39.4 Å². The molecule has 0 heterocycles. The average molecular weight is 266 g/mol. The van der Waals surface area contributed by atoms with E-state index < -0.39 is 0 Å². The first-order valence-electron chi connectivity index (χ1n) is 1.34. The molecular formula is C6H6FeN6O3-4.